The fraction of sp³-hybridized carbons (Fsp3) is 0.458. The number of halogens is 1. The number of carbonyl (C=O) groups is 2. The van der Waals surface area contributed by atoms with E-state index in [-0.39, 0.29) is 41.8 Å². The lowest BCUT2D eigenvalue weighted by atomic mass is 9.78. The summed E-state index contributed by atoms with van der Waals surface area (Å²) in [4.78, 5) is 38.5. The fourth-order valence-electron chi connectivity index (χ4n) is 4.49. The third kappa shape index (κ3) is 5.32. The molecular formula is C24H28FN5O4. The van der Waals surface area contributed by atoms with Crippen LogP contribution in [-0.2, 0) is 16.2 Å². The fourth-order valence-corrected chi connectivity index (χ4v) is 4.49. The first-order valence-electron chi connectivity index (χ1n) is 11.3. The lowest BCUT2D eigenvalue weighted by Crippen LogP contribution is -2.32. The van der Waals surface area contributed by atoms with E-state index in [2.05, 4.69) is 20.4 Å². The van der Waals surface area contributed by atoms with Crippen molar-refractivity contribution in [2.45, 2.75) is 51.7 Å². The number of ether oxygens (including phenoxy) is 1. The largest absolute Gasteiger partial charge is 0.494 e. The molecule has 1 unspecified atom stereocenters. The van der Waals surface area contributed by atoms with Crippen molar-refractivity contribution >= 4 is 17.5 Å². The second kappa shape index (κ2) is 10.1. The number of nitrogens with one attached hydrogen (secondary N) is 1. The molecule has 1 aliphatic heterocycles. The molecule has 0 radical (unpaired) electrons. The molecule has 1 aliphatic carbocycles. The number of carbonyl (C=O) groups excluding carboxylic acids is 2. The topological polar surface area (TPSA) is 129 Å². The third-order valence-electron chi connectivity index (χ3n) is 6.43. The Morgan fingerprint density at radius 1 is 1.21 bits per heavy atom. The number of primary amides is 1. The van der Waals surface area contributed by atoms with Crippen molar-refractivity contribution in [1.29, 1.82) is 0 Å². The Morgan fingerprint density at radius 3 is 2.68 bits per heavy atom. The molecule has 1 fully saturated rings. The molecule has 2 heterocycles. The van der Waals surface area contributed by atoms with Crippen molar-refractivity contribution in [2.75, 3.05) is 7.11 Å². The number of benzene rings is 1. The molecule has 0 bridgehead atoms. The first-order chi connectivity index (χ1) is 16.3. The highest BCUT2D eigenvalue weighted by atomic mass is 19.1. The minimum absolute atomic E-state index is 0.0559. The number of aryl methyl sites for hydroxylation is 1. The molecule has 180 valence electrons. The maximum absolute atomic E-state index is 13.6. The van der Waals surface area contributed by atoms with E-state index in [0.717, 1.165) is 25.7 Å². The second-order valence-corrected chi connectivity index (χ2v) is 8.74. The first-order valence-corrected chi connectivity index (χ1v) is 11.3. The second-order valence-electron chi connectivity index (χ2n) is 8.74. The SMILES string of the molecule is COc1cc(CNC(=O)c2cc(C3=NOC([C@H]4CC[C@H](C(N)=O)CC4)C3)nc(C)n2)ccc1F. The van der Waals surface area contributed by atoms with Crippen LogP contribution in [0.1, 0.15) is 59.7 Å². The predicted molar refractivity (Wildman–Crippen MR) is 122 cm³/mol. The molecule has 1 saturated carbocycles. The smallest absolute Gasteiger partial charge is 0.270 e. The number of rotatable bonds is 7. The normalized spacial score (nSPS) is 22.0. The van der Waals surface area contributed by atoms with Crippen molar-refractivity contribution in [3.8, 4) is 5.75 Å². The average Bonchev–Trinajstić information content (AvgIpc) is 3.33. The van der Waals surface area contributed by atoms with Crippen LogP contribution in [-0.4, -0.2) is 40.7 Å². The molecule has 1 aromatic carbocycles. The third-order valence-corrected chi connectivity index (χ3v) is 6.43. The molecule has 2 aromatic rings. The highest BCUT2D eigenvalue weighted by Gasteiger charge is 2.35. The Bertz CT molecular complexity index is 1110. The van der Waals surface area contributed by atoms with Crippen molar-refractivity contribution < 1.29 is 23.6 Å². The molecule has 1 aromatic heterocycles. The molecule has 34 heavy (non-hydrogen) atoms. The lowest BCUT2D eigenvalue weighted by molar-refractivity contribution is -0.123. The number of hydrogen-bond acceptors (Lipinski definition) is 7. The van der Waals surface area contributed by atoms with E-state index in [4.69, 9.17) is 15.3 Å². The van der Waals surface area contributed by atoms with E-state index in [1.165, 1.54) is 19.2 Å². The van der Waals surface area contributed by atoms with Crippen LogP contribution in [0.3, 0.4) is 0 Å². The van der Waals surface area contributed by atoms with Gasteiger partial charge in [-0.1, -0.05) is 11.2 Å². The van der Waals surface area contributed by atoms with Crippen LogP contribution in [0.25, 0.3) is 0 Å². The van der Waals surface area contributed by atoms with Crippen molar-refractivity contribution in [3.05, 3.63) is 52.9 Å². The lowest BCUT2D eigenvalue weighted by Gasteiger charge is -2.29. The van der Waals surface area contributed by atoms with Crippen LogP contribution in [0.4, 0.5) is 4.39 Å². The number of nitrogens with two attached hydrogens (primary N) is 1. The van der Waals surface area contributed by atoms with Gasteiger partial charge in [0.05, 0.1) is 12.8 Å². The van der Waals surface area contributed by atoms with Crippen LogP contribution in [0.5, 0.6) is 5.75 Å². The van der Waals surface area contributed by atoms with Gasteiger partial charge in [0.2, 0.25) is 5.91 Å². The van der Waals surface area contributed by atoms with E-state index in [9.17, 15) is 14.0 Å². The van der Waals surface area contributed by atoms with Gasteiger partial charge in [-0.2, -0.15) is 0 Å². The molecule has 0 saturated heterocycles. The number of methoxy groups -OCH3 is 1. The number of oxime groups is 1. The monoisotopic (exact) mass is 469 g/mol. The molecule has 0 spiro atoms. The Morgan fingerprint density at radius 2 is 1.97 bits per heavy atom. The van der Waals surface area contributed by atoms with E-state index >= 15 is 0 Å². The summed E-state index contributed by atoms with van der Waals surface area (Å²) in [5.41, 5.74) is 7.56. The van der Waals surface area contributed by atoms with Gasteiger partial charge in [-0.05, 0) is 62.3 Å². The highest BCUT2D eigenvalue weighted by molar-refractivity contribution is 6.01. The van der Waals surface area contributed by atoms with Gasteiger partial charge in [0.15, 0.2) is 11.6 Å². The molecular weight excluding hydrogens is 441 g/mol. The summed E-state index contributed by atoms with van der Waals surface area (Å²) in [7, 11) is 1.39. The maximum atomic E-state index is 13.6. The zero-order valence-electron chi connectivity index (χ0n) is 19.2. The van der Waals surface area contributed by atoms with Crippen LogP contribution in [0.15, 0.2) is 29.4 Å². The Kier molecular flexibility index (Phi) is 7.04. The van der Waals surface area contributed by atoms with Crippen LogP contribution >= 0.6 is 0 Å². The summed E-state index contributed by atoms with van der Waals surface area (Å²) < 4.78 is 18.6. The molecule has 10 heteroatoms. The van der Waals surface area contributed by atoms with E-state index in [1.54, 1.807) is 19.1 Å². The van der Waals surface area contributed by atoms with Crippen LogP contribution < -0.4 is 15.8 Å². The van der Waals surface area contributed by atoms with Crippen molar-refractivity contribution in [2.24, 2.45) is 22.7 Å². The molecule has 2 amide bonds. The summed E-state index contributed by atoms with van der Waals surface area (Å²) >= 11 is 0. The van der Waals surface area contributed by atoms with Crippen molar-refractivity contribution in [1.82, 2.24) is 15.3 Å². The van der Waals surface area contributed by atoms with Gasteiger partial charge in [0.25, 0.3) is 5.91 Å². The van der Waals surface area contributed by atoms with Gasteiger partial charge in [-0.25, -0.2) is 14.4 Å². The Hall–Kier alpha value is -3.56. The van der Waals surface area contributed by atoms with Crippen LogP contribution in [0, 0.1) is 24.6 Å². The van der Waals surface area contributed by atoms with Gasteiger partial charge < -0.3 is 20.6 Å². The summed E-state index contributed by atoms with van der Waals surface area (Å²) in [6, 6.07) is 6.01. The zero-order chi connectivity index (χ0) is 24.2. The van der Waals surface area contributed by atoms with Crippen molar-refractivity contribution in [3.63, 3.8) is 0 Å². The number of nitrogens with zero attached hydrogens (tertiary/aromatic N) is 3. The quantitative estimate of drug-likeness (QED) is 0.641. The van der Waals surface area contributed by atoms with Crippen LogP contribution in [0.2, 0.25) is 0 Å². The van der Waals surface area contributed by atoms with Gasteiger partial charge in [0.1, 0.15) is 23.3 Å². The van der Waals surface area contributed by atoms with E-state index in [0.29, 0.717) is 35.1 Å². The standard InChI is InChI=1S/C24H28FN5O4/c1-13-28-18(19-11-21(34-30-19)15-4-6-16(7-5-15)23(26)31)10-20(29-13)24(32)27-12-14-3-8-17(25)22(9-14)33-2/h3,8-10,15-16,21H,4-7,11-12H2,1-2H3,(H2,26,31)(H,27,32)/t15-,16-,21?. The zero-order valence-corrected chi connectivity index (χ0v) is 19.2. The van der Waals surface area contributed by atoms with E-state index in [1.807, 2.05) is 0 Å². The number of hydrogen-bond donors (Lipinski definition) is 2. The Labute approximate surface area is 196 Å². The maximum Gasteiger partial charge on any atom is 0.270 e. The molecule has 3 N–H and O–H groups in total. The predicted octanol–water partition coefficient (Wildman–Crippen LogP) is 2.65. The first kappa shape index (κ1) is 23.6. The number of amides is 2. The molecule has 4 rings (SSSR count). The average molecular weight is 470 g/mol. The van der Waals surface area contributed by atoms with Gasteiger partial charge in [-0.15, -0.1) is 0 Å². The molecule has 1 atom stereocenters. The van der Waals surface area contributed by atoms with E-state index < -0.39 is 5.82 Å². The molecule has 2 aliphatic rings. The van der Waals surface area contributed by atoms with Gasteiger partial charge in [0, 0.05) is 18.9 Å². The summed E-state index contributed by atoms with van der Waals surface area (Å²) in [6.07, 6.45) is 3.78. The highest BCUT2D eigenvalue weighted by Crippen LogP contribution is 2.35. The minimum Gasteiger partial charge on any atom is -0.494 e. The summed E-state index contributed by atoms with van der Waals surface area (Å²) in [6.45, 7) is 1.90. The Balaban J connectivity index is 1.38. The van der Waals surface area contributed by atoms with Gasteiger partial charge >= 0.3 is 0 Å². The van der Waals surface area contributed by atoms with Gasteiger partial charge in [-0.3, -0.25) is 9.59 Å². The summed E-state index contributed by atoms with van der Waals surface area (Å²) in [5.74, 6) is -0.273. The minimum atomic E-state index is -0.465. The summed E-state index contributed by atoms with van der Waals surface area (Å²) in [5, 5.41) is 7.02. The number of aromatic nitrogens is 2. The molecule has 9 nitrogen and oxygen atoms in total.